The number of benzene rings is 1. The zero-order valence-corrected chi connectivity index (χ0v) is 18.4. The third-order valence-corrected chi connectivity index (χ3v) is 5.17. The average Bonchev–Trinajstić information content (AvgIpc) is 2.65. The van der Waals surface area contributed by atoms with E-state index in [-0.39, 0.29) is 5.97 Å². The van der Waals surface area contributed by atoms with Crippen molar-refractivity contribution in [2.45, 2.75) is 97.5 Å². The van der Waals surface area contributed by atoms with E-state index in [1.54, 1.807) is 0 Å². The molecule has 0 N–H and O–H groups in total. The van der Waals surface area contributed by atoms with Gasteiger partial charge in [-0.25, -0.2) is 4.79 Å². The molecule has 3 heteroatoms. The molecule has 1 aromatic heterocycles. The van der Waals surface area contributed by atoms with Crippen LogP contribution in [-0.2, 0) is 4.74 Å². The first-order valence-corrected chi connectivity index (χ1v) is 11.0. The molecule has 1 heterocycles. The lowest BCUT2D eigenvalue weighted by Crippen LogP contribution is -2.24. The highest BCUT2D eigenvalue weighted by Crippen LogP contribution is 2.29. The van der Waals surface area contributed by atoms with E-state index in [1.165, 1.54) is 38.5 Å². The summed E-state index contributed by atoms with van der Waals surface area (Å²) in [4.78, 5) is 17.8. The molecule has 154 valence electrons. The van der Waals surface area contributed by atoms with Crippen LogP contribution < -0.4 is 0 Å². The number of pyridine rings is 1. The number of fused-ring (bicyclic) bond motifs is 1. The van der Waals surface area contributed by atoms with Crippen LogP contribution in [0.3, 0.4) is 0 Å². The minimum Gasteiger partial charge on any atom is -0.456 e. The number of carbonyl (C=O) groups excluding carboxylic acids is 1. The van der Waals surface area contributed by atoms with E-state index in [0.717, 1.165) is 29.4 Å². The molecule has 0 bridgehead atoms. The first-order chi connectivity index (χ1) is 13.4. The summed E-state index contributed by atoms with van der Waals surface area (Å²) >= 11 is 0. The minimum atomic E-state index is -0.510. The molecule has 1 unspecified atom stereocenters. The Morgan fingerprint density at radius 1 is 1.04 bits per heavy atom. The van der Waals surface area contributed by atoms with Crippen LogP contribution in [-0.4, -0.2) is 16.6 Å². The van der Waals surface area contributed by atoms with Gasteiger partial charge >= 0.3 is 5.97 Å². The number of hydrogen-bond donors (Lipinski definition) is 0. The Kier molecular flexibility index (Phi) is 8.47. The Labute approximate surface area is 170 Å². The SMILES string of the molecule is CCCCCCCCC(CC)c1cc(C(=O)OC(C)(C)C)c2ccccc2n1. The second-order valence-corrected chi connectivity index (χ2v) is 8.78. The molecule has 2 rings (SSSR count). The molecule has 1 aromatic carbocycles. The first-order valence-electron chi connectivity index (χ1n) is 11.0. The summed E-state index contributed by atoms with van der Waals surface area (Å²) in [5.41, 5.74) is 2.03. The second kappa shape index (κ2) is 10.6. The van der Waals surface area contributed by atoms with Gasteiger partial charge in [-0.2, -0.15) is 0 Å². The van der Waals surface area contributed by atoms with Crippen molar-refractivity contribution in [3.05, 3.63) is 41.6 Å². The van der Waals surface area contributed by atoms with Gasteiger partial charge in [-0.15, -0.1) is 0 Å². The lowest BCUT2D eigenvalue weighted by Gasteiger charge is -2.21. The van der Waals surface area contributed by atoms with Gasteiger partial charge in [0.15, 0.2) is 0 Å². The standard InChI is InChI=1S/C25H37NO2/c1-6-8-9-10-11-12-15-19(7-2)23-18-21(24(27)28-25(3,4)5)20-16-13-14-17-22(20)26-23/h13-14,16-19H,6-12,15H2,1-5H3. The zero-order valence-electron chi connectivity index (χ0n) is 18.4. The summed E-state index contributed by atoms with van der Waals surface area (Å²) in [5.74, 6) is 0.124. The molecule has 28 heavy (non-hydrogen) atoms. The molecule has 0 aliphatic carbocycles. The van der Waals surface area contributed by atoms with E-state index in [9.17, 15) is 4.79 Å². The second-order valence-electron chi connectivity index (χ2n) is 8.78. The topological polar surface area (TPSA) is 39.2 Å². The van der Waals surface area contributed by atoms with Crippen LogP contribution in [0.25, 0.3) is 10.9 Å². The largest absolute Gasteiger partial charge is 0.456 e. The van der Waals surface area contributed by atoms with Gasteiger partial charge in [0.25, 0.3) is 0 Å². The maximum absolute atomic E-state index is 12.8. The van der Waals surface area contributed by atoms with E-state index in [0.29, 0.717) is 11.5 Å². The summed E-state index contributed by atoms with van der Waals surface area (Å²) in [5, 5.41) is 0.870. The number of aromatic nitrogens is 1. The van der Waals surface area contributed by atoms with Crippen molar-refractivity contribution >= 4 is 16.9 Å². The smallest absolute Gasteiger partial charge is 0.339 e. The van der Waals surface area contributed by atoms with Crippen molar-refractivity contribution in [1.29, 1.82) is 0 Å². The minimum absolute atomic E-state index is 0.262. The number of unbranched alkanes of at least 4 members (excludes halogenated alkanes) is 5. The Morgan fingerprint density at radius 2 is 1.71 bits per heavy atom. The number of nitrogens with zero attached hydrogens (tertiary/aromatic N) is 1. The molecular formula is C25H37NO2. The molecular weight excluding hydrogens is 346 g/mol. The van der Waals surface area contributed by atoms with Gasteiger partial charge in [0.2, 0.25) is 0 Å². The van der Waals surface area contributed by atoms with E-state index in [1.807, 2.05) is 51.1 Å². The molecule has 0 aliphatic rings. The quantitative estimate of drug-likeness (QED) is 0.316. The summed E-state index contributed by atoms with van der Waals surface area (Å²) in [6.45, 7) is 10.2. The predicted octanol–water partition coefficient (Wildman–Crippen LogP) is 7.43. The molecule has 0 aliphatic heterocycles. The van der Waals surface area contributed by atoms with Crippen molar-refractivity contribution in [2.75, 3.05) is 0 Å². The van der Waals surface area contributed by atoms with Gasteiger partial charge in [0.05, 0.1) is 11.1 Å². The van der Waals surface area contributed by atoms with Crippen LogP contribution in [0.1, 0.15) is 108 Å². The van der Waals surface area contributed by atoms with Gasteiger partial charge in [0, 0.05) is 17.0 Å². The van der Waals surface area contributed by atoms with Crippen LogP contribution >= 0.6 is 0 Å². The van der Waals surface area contributed by atoms with Crippen molar-refractivity contribution in [3.63, 3.8) is 0 Å². The number of para-hydroxylation sites is 1. The van der Waals surface area contributed by atoms with E-state index >= 15 is 0 Å². The van der Waals surface area contributed by atoms with Gasteiger partial charge in [-0.05, 0) is 45.7 Å². The van der Waals surface area contributed by atoms with Gasteiger partial charge in [-0.1, -0.05) is 70.6 Å². The predicted molar refractivity (Wildman–Crippen MR) is 118 cm³/mol. The maximum Gasteiger partial charge on any atom is 0.339 e. The van der Waals surface area contributed by atoms with Gasteiger partial charge in [0.1, 0.15) is 5.60 Å². The van der Waals surface area contributed by atoms with Crippen LogP contribution in [0.5, 0.6) is 0 Å². The van der Waals surface area contributed by atoms with E-state index < -0.39 is 5.60 Å². The fraction of sp³-hybridized carbons (Fsp3) is 0.600. The molecule has 0 amide bonds. The lowest BCUT2D eigenvalue weighted by molar-refractivity contribution is 0.00716. The molecule has 0 saturated carbocycles. The van der Waals surface area contributed by atoms with Gasteiger partial charge < -0.3 is 4.74 Å². The van der Waals surface area contributed by atoms with Crippen LogP contribution in [0, 0.1) is 0 Å². The van der Waals surface area contributed by atoms with Crippen molar-refractivity contribution < 1.29 is 9.53 Å². The Hall–Kier alpha value is -1.90. The fourth-order valence-electron chi connectivity index (χ4n) is 3.64. The van der Waals surface area contributed by atoms with E-state index in [4.69, 9.17) is 9.72 Å². The number of ether oxygens (including phenoxy) is 1. The summed E-state index contributed by atoms with van der Waals surface area (Å²) < 4.78 is 5.67. The number of esters is 1. The molecule has 0 fully saturated rings. The monoisotopic (exact) mass is 383 g/mol. The molecule has 1 atom stereocenters. The van der Waals surface area contributed by atoms with Crippen molar-refractivity contribution in [2.24, 2.45) is 0 Å². The Morgan fingerprint density at radius 3 is 2.39 bits per heavy atom. The summed E-state index contributed by atoms with van der Waals surface area (Å²) in [6.07, 6.45) is 9.94. The van der Waals surface area contributed by atoms with Crippen LogP contribution in [0.15, 0.2) is 30.3 Å². The summed E-state index contributed by atoms with van der Waals surface area (Å²) in [7, 11) is 0. The number of hydrogen-bond acceptors (Lipinski definition) is 3. The Balaban J connectivity index is 2.22. The lowest BCUT2D eigenvalue weighted by atomic mass is 9.92. The summed E-state index contributed by atoms with van der Waals surface area (Å²) in [6, 6.07) is 9.85. The molecule has 0 saturated heterocycles. The molecule has 0 spiro atoms. The molecule has 2 aromatic rings. The maximum atomic E-state index is 12.8. The zero-order chi connectivity index (χ0) is 20.6. The highest BCUT2D eigenvalue weighted by atomic mass is 16.6. The third-order valence-electron chi connectivity index (χ3n) is 5.17. The highest BCUT2D eigenvalue weighted by molar-refractivity contribution is 6.03. The Bertz CT molecular complexity index is 761. The first kappa shape index (κ1) is 22.4. The highest BCUT2D eigenvalue weighted by Gasteiger charge is 2.22. The number of rotatable bonds is 10. The van der Waals surface area contributed by atoms with Gasteiger partial charge in [-0.3, -0.25) is 4.98 Å². The molecule has 3 nitrogen and oxygen atoms in total. The van der Waals surface area contributed by atoms with Crippen LogP contribution in [0.2, 0.25) is 0 Å². The van der Waals surface area contributed by atoms with Crippen molar-refractivity contribution in [3.8, 4) is 0 Å². The number of carbonyl (C=O) groups is 1. The van der Waals surface area contributed by atoms with E-state index in [2.05, 4.69) is 13.8 Å². The normalized spacial score (nSPS) is 12.9. The van der Waals surface area contributed by atoms with Crippen LogP contribution in [0.4, 0.5) is 0 Å². The average molecular weight is 384 g/mol. The third kappa shape index (κ3) is 6.61. The van der Waals surface area contributed by atoms with Crippen molar-refractivity contribution in [1.82, 2.24) is 4.98 Å². The molecule has 0 radical (unpaired) electrons. The fourth-order valence-corrected chi connectivity index (χ4v) is 3.64.